The summed E-state index contributed by atoms with van der Waals surface area (Å²) in [6.07, 6.45) is 0.569. The standard InChI is InChI=1S/C10H16O6/c1-3-15-8(16-4-2)6-5-7(9(11)12)10(13)14/h5,8H,3-4,6H2,1-2H3,(H,11,12)(H,13,14). The third kappa shape index (κ3) is 5.47. The Morgan fingerprint density at radius 1 is 1.12 bits per heavy atom. The van der Waals surface area contributed by atoms with Crippen LogP contribution in [-0.2, 0) is 19.1 Å². The highest BCUT2D eigenvalue weighted by atomic mass is 16.7. The van der Waals surface area contributed by atoms with Crippen LogP contribution >= 0.6 is 0 Å². The zero-order valence-corrected chi connectivity index (χ0v) is 9.30. The summed E-state index contributed by atoms with van der Waals surface area (Å²) < 4.78 is 10.3. The van der Waals surface area contributed by atoms with Gasteiger partial charge in [-0.15, -0.1) is 0 Å². The van der Waals surface area contributed by atoms with Crippen molar-refractivity contribution < 1.29 is 29.3 Å². The highest BCUT2D eigenvalue weighted by Gasteiger charge is 2.17. The van der Waals surface area contributed by atoms with Crippen LogP contribution in [0.5, 0.6) is 0 Å². The molecule has 0 radical (unpaired) electrons. The van der Waals surface area contributed by atoms with Gasteiger partial charge in [-0.05, 0) is 13.8 Å². The number of hydrogen-bond donors (Lipinski definition) is 2. The highest BCUT2D eigenvalue weighted by Crippen LogP contribution is 2.06. The van der Waals surface area contributed by atoms with Crippen LogP contribution in [0.15, 0.2) is 11.6 Å². The van der Waals surface area contributed by atoms with Gasteiger partial charge in [-0.1, -0.05) is 6.08 Å². The molecule has 0 unspecified atom stereocenters. The first-order valence-electron chi connectivity index (χ1n) is 4.92. The van der Waals surface area contributed by atoms with Crippen molar-refractivity contribution in [1.29, 1.82) is 0 Å². The number of rotatable bonds is 8. The minimum atomic E-state index is -1.47. The molecular weight excluding hydrogens is 216 g/mol. The van der Waals surface area contributed by atoms with Crippen molar-refractivity contribution in [2.24, 2.45) is 0 Å². The molecule has 0 aliphatic heterocycles. The molecule has 0 bridgehead atoms. The number of ether oxygens (including phenoxy) is 2. The summed E-state index contributed by atoms with van der Waals surface area (Å²) in [6, 6.07) is 0. The van der Waals surface area contributed by atoms with Gasteiger partial charge in [0.2, 0.25) is 0 Å². The summed E-state index contributed by atoms with van der Waals surface area (Å²) in [6.45, 7) is 4.36. The van der Waals surface area contributed by atoms with Gasteiger partial charge in [0.25, 0.3) is 0 Å². The molecule has 0 saturated heterocycles. The molecule has 16 heavy (non-hydrogen) atoms. The van der Waals surface area contributed by atoms with Crippen molar-refractivity contribution >= 4 is 11.9 Å². The lowest BCUT2D eigenvalue weighted by Crippen LogP contribution is -2.18. The second-order valence-electron chi connectivity index (χ2n) is 2.80. The average Bonchev–Trinajstić information content (AvgIpc) is 2.17. The van der Waals surface area contributed by atoms with Crippen molar-refractivity contribution in [3.05, 3.63) is 11.6 Å². The van der Waals surface area contributed by atoms with Gasteiger partial charge < -0.3 is 19.7 Å². The third-order valence-electron chi connectivity index (χ3n) is 1.68. The summed E-state index contributed by atoms with van der Waals surface area (Å²) in [4.78, 5) is 21.1. The number of hydrogen-bond acceptors (Lipinski definition) is 4. The molecule has 0 aromatic rings. The molecule has 0 atom stereocenters. The van der Waals surface area contributed by atoms with Crippen LogP contribution < -0.4 is 0 Å². The lowest BCUT2D eigenvalue weighted by atomic mass is 10.2. The highest BCUT2D eigenvalue weighted by molar-refractivity contribution is 6.12. The van der Waals surface area contributed by atoms with E-state index in [4.69, 9.17) is 19.7 Å². The zero-order valence-electron chi connectivity index (χ0n) is 9.30. The summed E-state index contributed by atoms with van der Waals surface area (Å²) >= 11 is 0. The predicted octanol–water partition coefficient (Wildman–Crippen LogP) is 0.871. The number of carboxylic acid groups (broad SMARTS) is 2. The van der Waals surface area contributed by atoms with Gasteiger partial charge in [0.15, 0.2) is 6.29 Å². The van der Waals surface area contributed by atoms with E-state index in [1.54, 1.807) is 13.8 Å². The summed E-state index contributed by atoms with van der Waals surface area (Å²) in [7, 11) is 0. The molecule has 0 aliphatic rings. The molecular formula is C10H16O6. The molecule has 6 nitrogen and oxygen atoms in total. The van der Waals surface area contributed by atoms with E-state index in [0.717, 1.165) is 6.08 Å². The Labute approximate surface area is 93.5 Å². The molecule has 0 rings (SSSR count). The van der Waals surface area contributed by atoms with Gasteiger partial charge in [-0.25, -0.2) is 9.59 Å². The van der Waals surface area contributed by atoms with E-state index in [9.17, 15) is 9.59 Å². The Bertz CT molecular complexity index is 248. The molecule has 0 amide bonds. The van der Waals surface area contributed by atoms with Crippen LogP contribution in [0.1, 0.15) is 20.3 Å². The second-order valence-corrected chi connectivity index (χ2v) is 2.80. The van der Waals surface area contributed by atoms with E-state index >= 15 is 0 Å². The molecule has 0 aromatic carbocycles. The fourth-order valence-corrected chi connectivity index (χ4v) is 1.04. The van der Waals surface area contributed by atoms with E-state index in [0.29, 0.717) is 13.2 Å². The first-order valence-corrected chi connectivity index (χ1v) is 4.92. The van der Waals surface area contributed by atoms with E-state index in [-0.39, 0.29) is 6.42 Å². The first kappa shape index (κ1) is 14.6. The SMILES string of the molecule is CCOC(CC=C(C(=O)O)C(=O)O)OCC. The van der Waals surface area contributed by atoms with Crippen molar-refractivity contribution in [3.8, 4) is 0 Å². The van der Waals surface area contributed by atoms with Gasteiger partial charge in [0.1, 0.15) is 5.57 Å². The topological polar surface area (TPSA) is 93.1 Å². The van der Waals surface area contributed by atoms with Crippen molar-refractivity contribution in [2.75, 3.05) is 13.2 Å². The molecule has 0 saturated carbocycles. The van der Waals surface area contributed by atoms with Gasteiger partial charge in [0, 0.05) is 19.6 Å². The van der Waals surface area contributed by atoms with Crippen LogP contribution in [0, 0.1) is 0 Å². The maximum Gasteiger partial charge on any atom is 0.342 e. The number of carboxylic acids is 2. The van der Waals surface area contributed by atoms with E-state index in [2.05, 4.69) is 0 Å². The zero-order chi connectivity index (χ0) is 12.6. The molecule has 0 fully saturated rings. The van der Waals surface area contributed by atoms with Gasteiger partial charge in [0.05, 0.1) is 0 Å². The normalized spacial score (nSPS) is 10.2. The van der Waals surface area contributed by atoms with Crippen LogP contribution in [-0.4, -0.2) is 41.7 Å². The molecule has 0 aliphatic carbocycles. The van der Waals surface area contributed by atoms with Crippen LogP contribution in [0.2, 0.25) is 0 Å². The lowest BCUT2D eigenvalue weighted by Gasteiger charge is -2.14. The summed E-state index contributed by atoms with van der Waals surface area (Å²) in [5.74, 6) is -2.95. The van der Waals surface area contributed by atoms with Gasteiger partial charge >= 0.3 is 11.9 Å². The van der Waals surface area contributed by atoms with E-state index < -0.39 is 23.8 Å². The Morgan fingerprint density at radius 3 is 1.88 bits per heavy atom. The molecule has 0 aromatic heterocycles. The lowest BCUT2D eigenvalue weighted by molar-refractivity contribution is -0.140. The Morgan fingerprint density at radius 2 is 1.56 bits per heavy atom. The fourth-order valence-electron chi connectivity index (χ4n) is 1.04. The van der Waals surface area contributed by atoms with E-state index in [1.807, 2.05) is 0 Å². The van der Waals surface area contributed by atoms with Gasteiger partial charge in [-0.2, -0.15) is 0 Å². The monoisotopic (exact) mass is 232 g/mol. The Hall–Kier alpha value is -1.40. The smallest absolute Gasteiger partial charge is 0.342 e. The molecule has 2 N–H and O–H groups in total. The Kier molecular flexibility index (Phi) is 7.15. The van der Waals surface area contributed by atoms with Crippen molar-refractivity contribution in [2.45, 2.75) is 26.6 Å². The quantitative estimate of drug-likeness (QED) is 0.279. The molecule has 92 valence electrons. The maximum atomic E-state index is 10.5. The van der Waals surface area contributed by atoms with Crippen LogP contribution in [0.4, 0.5) is 0 Å². The van der Waals surface area contributed by atoms with Crippen molar-refractivity contribution in [1.82, 2.24) is 0 Å². The second kappa shape index (κ2) is 7.84. The predicted molar refractivity (Wildman–Crippen MR) is 55.0 cm³/mol. The van der Waals surface area contributed by atoms with Crippen molar-refractivity contribution in [3.63, 3.8) is 0 Å². The number of aliphatic carboxylic acids is 2. The minimum absolute atomic E-state index is 0.0929. The Balaban J connectivity index is 4.47. The maximum absolute atomic E-state index is 10.5. The van der Waals surface area contributed by atoms with Crippen LogP contribution in [0.3, 0.4) is 0 Å². The molecule has 6 heteroatoms. The van der Waals surface area contributed by atoms with Gasteiger partial charge in [-0.3, -0.25) is 0 Å². The minimum Gasteiger partial charge on any atom is -0.477 e. The third-order valence-corrected chi connectivity index (χ3v) is 1.68. The molecule has 0 heterocycles. The average molecular weight is 232 g/mol. The van der Waals surface area contributed by atoms with E-state index in [1.165, 1.54) is 0 Å². The molecule has 0 spiro atoms. The number of carbonyl (C=O) groups is 2. The largest absolute Gasteiger partial charge is 0.477 e. The van der Waals surface area contributed by atoms with Crippen LogP contribution in [0.25, 0.3) is 0 Å². The summed E-state index contributed by atoms with van der Waals surface area (Å²) in [5, 5.41) is 17.2. The first-order chi connectivity index (χ1) is 7.52. The summed E-state index contributed by atoms with van der Waals surface area (Å²) in [5.41, 5.74) is -0.676. The fraction of sp³-hybridized carbons (Fsp3) is 0.600.